The lowest BCUT2D eigenvalue weighted by Gasteiger charge is -2.08. The summed E-state index contributed by atoms with van der Waals surface area (Å²) in [5.74, 6) is 0.552. The van der Waals surface area contributed by atoms with Crippen LogP contribution in [0.5, 0.6) is 5.75 Å². The number of pyridine rings is 1. The highest BCUT2D eigenvalue weighted by atomic mass is 35.5. The van der Waals surface area contributed by atoms with E-state index in [1.54, 1.807) is 24.4 Å². The van der Waals surface area contributed by atoms with Gasteiger partial charge in [-0.2, -0.15) is 0 Å². The Morgan fingerprint density at radius 1 is 1.29 bits per heavy atom. The molecule has 0 saturated carbocycles. The molecule has 1 heterocycles. The van der Waals surface area contributed by atoms with Crippen LogP contribution in [-0.2, 0) is 6.61 Å². The minimum absolute atomic E-state index is 0.354. The number of ether oxygens (including phenoxy) is 1. The van der Waals surface area contributed by atoms with Crippen molar-refractivity contribution in [1.82, 2.24) is 4.98 Å². The normalized spacial score (nSPS) is 10.0. The third-order valence-electron chi connectivity index (χ3n) is 2.16. The Balaban J connectivity index is 2.04. The molecule has 0 fully saturated rings. The second-order valence-electron chi connectivity index (χ2n) is 3.37. The van der Waals surface area contributed by atoms with Gasteiger partial charge in [-0.3, -0.25) is 15.7 Å². The summed E-state index contributed by atoms with van der Waals surface area (Å²) in [5, 5.41) is 9.13. The molecule has 1 aromatic heterocycles. The third-order valence-corrected chi connectivity index (χ3v) is 2.46. The molecule has 2 aromatic rings. The smallest absolute Gasteiger partial charge is 0.138 e. The van der Waals surface area contributed by atoms with Gasteiger partial charge in [0.2, 0.25) is 0 Å². The Labute approximate surface area is 104 Å². The molecule has 17 heavy (non-hydrogen) atoms. The van der Waals surface area contributed by atoms with E-state index in [9.17, 15) is 0 Å². The summed E-state index contributed by atoms with van der Waals surface area (Å²) in [4.78, 5) is 4.14. The van der Waals surface area contributed by atoms with E-state index in [1.165, 1.54) is 0 Å². The summed E-state index contributed by atoms with van der Waals surface area (Å²) >= 11 is 5.98. The minimum atomic E-state index is 0.354. The van der Waals surface area contributed by atoms with Crippen LogP contribution in [0.15, 0.2) is 42.6 Å². The molecule has 0 radical (unpaired) electrons. The van der Waals surface area contributed by atoms with Gasteiger partial charge in [-0.1, -0.05) is 17.7 Å². The molecule has 88 valence electrons. The van der Waals surface area contributed by atoms with Gasteiger partial charge >= 0.3 is 0 Å². The molecule has 2 rings (SSSR count). The van der Waals surface area contributed by atoms with Gasteiger partial charge in [-0.15, -0.1) is 0 Å². The second-order valence-corrected chi connectivity index (χ2v) is 3.77. The van der Waals surface area contributed by atoms with Crippen molar-refractivity contribution >= 4 is 17.3 Å². The molecule has 2 N–H and O–H groups in total. The molecule has 0 atom stereocenters. The van der Waals surface area contributed by atoms with Crippen LogP contribution in [0, 0.1) is 0 Å². The van der Waals surface area contributed by atoms with Gasteiger partial charge in [-0.05, 0) is 30.3 Å². The zero-order valence-corrected chi connectivity index (χ0v) is 9.69. The first-order valence-corrected chi connectivity index (χ1v) is 5.40. The van der Waals surface area contributed by atoms with E-state index in [0.717, 1.165) is 5.69 Å². The Bertz CT molecular complexity index is 491. The third kappa shape index (κ3) is 3.09. The lowest BCUT2D eigenvalue weighted by molar-refractivity contribution is 0.301. The Hall–Kier alpha value is -1.78. The highest BCUT2D eigenvalue weighted by Gasteiger charge is 2.03. The van der Waals surface area contributed by atoms with Crippen molar-refractivity contribution in [3.63, 3.8) is 0 Å². The molecule has 0 spiro atoms. The Morgan fingerprint density at radius 3 is 2.82 bits per heavy atom. The number of halogens is 1. The monoisotopic (exact) mass is 250 g/mol. The predicted octanol–water partition coefficient (Wildman–Crippen LogP) is 3.12. The lowest BCUT2D eigenvalue weighted by atomic mass is 10.3. The minimum Gasteiger partial charge on any atom is -0.486 e. The second kappa shape index (κ2) is 5.52. The van der Waals surface area contributed by atoms with E-state index >= 15 is 0 Å². The van der Waals surface area contributed by atoms with E-state index in [4.69, 9.17) is 21.5 Å². The van der Waals surface area contributed by atoms with Crippen LogP contribution in [0.1, 0.15) is 5.69 Å². The molecule has 0 aliphatic rings. The molecule has 5 heteroatoms. The van der Waals surface area contributed by atoms with Crippen molar-refractivity contribution < 1.29 is 9.94 Å². The summed E-state index contributed by atoms with van der Waals surface area (Å²) in [5.41, 5.74) is 3.36. The van der Waals surface area contributed by atoms with Gasteiger partial charge in [0.25, 0.3) is 0 Å². The van der Waals surface area contributed by atoms with Crippen LogP contribution in [0.2, 0.25) is 5.02 Å². The summed E-state index contributed by atoms with van der Waals surface area (Å²) in [6.45, 7) is 0.354. The zero-order chi connectivity index (χ0) is 12.1. The summed E-state index contributed by atoms with van der Waals surface area (Å²) in [6.07, 6.45) is 1.71. The van der Waals surface area contributed by atoms with Crippen LogP contribution in [-0.4, -0.2) is 10.2 Å². The number of hydrogen-bond acceptors (Lipinski definition) is 4. The van der Waals surface area contributed by atoms with Crippen LogP contribution in [0.25, 0.3) is 0 Å². The maximum Gasteiger partial charge on any atom is 0.138 e. The number of benzene rings is 1. The number of rotatable bonds is 4. The predicted molar refractivity (Wildman–Crippen MR) is 65.4 cm³/mol. The van der Waals surface area contributed by atoms with Gasteiger partial charge in [-0.25, -0.2) is 0 Å². The molecular weight excluding hydrogens is 240 g/mol. The van der Waals surface area contributed by atoms with Gasteiger partial charge in [0.1, 0.15) is 12.4 Å². The van der Waals surface area contributed by atoms with Gasteiger partial charge in [0.05, 0.1) is 16.4 Å². The largest absolute Gasteiger partial charge is 0.486 e. The standard InChI is InChI=1S/C12H11ClN2O2/c13-11-7-9(15-16)4-5-12(11)17-8-10-3-1-2-6-14-10/h1-7,15-16H,8H2. The van der Waals surface area contributed by atoms with E-state index in [2.05, 4.69) is 4.98 Å². The molecule has 4 nitrogen and oxygen atoms in total. The van der Waals surface area contributed by atoms with E-state index in [-0.39, 0.29) is 0 Å². The van der Waals surface area contributed by atoms with Gasteiger partial charge < -0.3 is 4.74 Å². The number of aromatic nitrogens is 1. The van der Waals surface area contributed by atoms with Gasteiger partial charge in [0.15, 0.2) is 0 Å². The van der Waals surface area contributed by atoms with E-state index in [1.807, 2.05) is 23.7 Å². The number of nitrogens with one attached hydrogen (secondary N) is 1. The zero-order valence-electron chi connectivity index (χ0n) is 8.93. The Morgan fingerprint density at radius 2 is 2.18 bits per heavy atom. The molecular formula is C12H11ClN2O2. The number of anilines is 1. The van der Waals surface area contributed by atoms with Crippen molar-refractivity contribution in [3.05, 3.63) is 53.3 Å². The quantitative estimate of drug-likeness (QED) is 0.819. The average Bonchev–Trinajstić information content (AvgIpc) is 2.38. The highest BCUT2D eigenvalue weighted by Crippen LogP contribution is 2.27. The number of hydrogen-bond donors (Lipinski definition) is 2. The van der Waals surface area contributed by atoms with Crippen molar-refractivity contribution in [3.8, 4) is 5.75 Å². The average molecular weight is 251 g/mol. The molecule has 0 bridgehead atoms. The van der Waals surface area contributed by atoms with Gasteiger partial charge in [0, 0.05) is 6.20 Å². The molecule has 0 aliphatic heterocycles. The van der Waals surface area contributed by atoms with Crippen molar-refractivity contribution in [2.24, 2.45) is 0 Å². The maximum absolute atomic E-state index is 8.70. The van der Waals surface area contributed by atoms with Crippen LogP contribution in [0.4, 0.5) is 5.69 Å². The van der Waals surface area contributed by atoms with Crippen LogP contribution >= 0.6 is 11.6 Å². The molecule has 1 aromatic carbocycles. The van der Waals surface area contributed by atoms with Crippen molar-refractivity contribution in [1.29, 1.82) is 0 Å². The fourth-order valence-electron chi connectivity index (χ4n) is 1.32. The van der Waals surface area contributed by atoms with Crippen LogP contribution in [0.3, 0.4) is 0 Å². The van der Waals surface area contributed by atoms with Crippen LogP contribution < -0.4 is 10.2 Å². The molecule has 0 amide bonds. The number of nitrogens with zero attached hydrogens (tertiary/aromatic N) is 1. The fraction of sp³-hybridized carbons (Fsp3) is 0.0833. The Kier molecular flexibility index (Phi) is 3.80. The fourth-order valence-corrected chi connectivity index (χ4v) is 1.56. The molecule has 0 aliphatic carbocycles. The first kappa shape index (κ1) is 11.7. The molecule has 0 saturated heterocycles. The SMILES string of the molecule is ONc1ccc(OCc2ccccn2)c(Cl)c1. The first-order chi connectivity index (χ1) is 8.29. The van der Waals surface area contributed by atoms with E-state index in [0.29, 0.717) is 23.1 Å². The van der Waals surface area contributed by atoms with E-state index < -0.39 is 0 Å². The summed E-state index contributed by atoms with van der Waals surface area (Å²) in [6, 6.07) is 10.5. The highest BCUT2D eigenvalue weighted by molar-refractivity contribution is 6.32. The first-order valence-electron chi connectivity index (χ1n) is 5.02. The lowest BCUT2D eigenvalue weighted by Crippen LogP contribution is -1.98. The van der Waals surface area contributed by atoms with Crippen molar-refractivity contribution in [2.45, 2.75) is 6.61 Å². The molecule has 0 unspecified atom stereocenters. The summed E-state index contributed by atoms with van der Waals surface area (Å²) < 4.78 is 5.52. The topological polar surface area (TPSA) is 54.4 Å². The summed E-state index contributed by atoms with van der Waals surface area (Å²) in [7, 11) is 0. The maximum atomic E-state index is 8.70. The van der Waals surface area contributed by atoms with Crippen molar-refractivity contribution in [2.75, 3.05) is 5.48 Å².